The van der Waals surface area contributed by atoms with Crippen LogP contribution in [0.25, 0.3) is 16.9 Å². The number of ether oxygens (including phenoxy) is 2. The van der Waals surface area contributed by atoms with Crippen LogP contribution in [0.3, 0.4) is 0 Å². The summed E-state index contributed by atoms with van der Waals surface area (Å²) in [7, 11) is 0. The second kappa shape index (κ2) is 10.9. The topological polar surface area (TPSA) is 107 Å². The highest BCUT2D eigenvalue weighted by molar-refractivity contribution is 5.94. The SMILES string of the molecule is O=C(N[C@H]1CC[C@H](Oc2cc(-n3c(C(F)F)nc4ccccc43)nc(N3CCOCC3)n2)C1)c1ccncc1. The number of aromatic nitrogens is 5. The van der Waals surface area contributed by atoms with E-state index in [0.29, 0.717) is 61.7 Å². The van der Waals surface area contributed by atoms with Crippen LogP contribution in [0, 0.1) is 0 Å². The summed E-state index contributed by atoms with van der Waals surface area (Å²) < 4.78 is 41.3. The molecule has 3 aromatic heterocycles. The number of amides is 1. The van der Waals surface area contributed by atoms with Crippen molar-refractivity contribution in [3.05, 3.63) is 66.2 Å². The Labute approximate surface area is 223 Å². The van der Waals surface area contributed by atoms with Gasteiger partial charge in [0, 0.05) is 49.6 Å². The van der Waals surface area contributed by atoms with E-state index in [9.17, 15) is 13.6 Å². The fourth-order valence-corrected chi connectivity index (χ4v) is 5.03. The molecule has 4 heterocycles. The first-order valence-corrected chi connectivity index (χ1v) is 12.9. The van der Waals surface area contributed by atoms with Gasteiger partial charge in [0.15, 0.2) is 5.82 Å². The molecule has 0 unspecified atom stereocenters. The van der Waals surface area contributed by atoms with Gasteiger partial charge in [-0.1, -0.05) is 12.1 Å². The molecule has 2 aliphatic rings. The Balaban J connectivity index is 1.28. The largest absolute Gasteiger partial charge is 0.474 e. The summed E-state index contributed by atoms with van der Waals surface area (Å²) in [4.78, 5) is 31.9. The van der Waals surface area contributed by atoms with Crippen molar-refractivity contribution < 1.29 is 23.0 Å². The summed E-state index contributed by atoms with van der Waals surface area (Å²) in [5.41, 5.74) is 1.52. The van der Waals surface area contributed by atoms with Crippen molar-refractivity contribution in [2.45, 2.75) is 37.8 Å². The molecule has 2 atom stereocenters. The van der Waals surface area contributed by atoms with Crippen LogP contribution in [-0.2, 0) is 4.74 Å². The number of pyridine rings is 1. The van der Waals surface area contributed by atoms with Crippen LogP contribution < -0.4 is 15.0 Å². The number of benzene rings is 1. The maximum atomic E-state index is 14.1. The van der Waals surface area contributed by atoms with E-state index in [1.807, 2.05) is 4.90 Å². The average molecular weight is 536 g/mol. The Kier molecular flexibility index (Phi) is 7.01. The molecule has 4 aromatic rings. The van der Waals surface area contributed by atoms with Crippen LogP contribution in [0.1, 0.15) is 41.9 Å². The Morgan fingerprint density at radius 1 is 1.05 bits per heavy atom. The molecule has 1 aliphatic carbocycles. The van der Waals surface area contributed by atoms with E-state index in [-0.39, 0.29) is 29.8 Å². The monoisotopic (exact) mass is 535 g/mol. The lowest BCUT2D eigenvalue weighted by Crippen LogP contribution is -2.37. The van der Waals surface area contributed by atoms with Gasteiger partial charge < -0.3 is 19.7 Å². The number of morpholine rings is 1. The minimum Gasteiger partial charge on any atom is -0.474 e. The van der Waals surface area contributed by atoms with Crippen molar-refractivity contribution in [1.82, 2.24) is 29.8 Å². The molecule has 39 heavy (non-hydrogen) atoms. The van der Waals surface area contributed by atoms with Gasteiger partial charge in [-0.05, 0) is 37.1 Å². The maximum absolute atomic E-state index is 14.1. The van der Waals surface area contributed by atoms with Gasteiger partial charge in [-0.3, -0.25) is 14.3 Å². The number of imidazole rings is 1. The van der Waals surface area contributed by atoms with Gasteiger partial charge in [-0.2, -0.15) is 9.97 Å². The van der Waals surface area contributed by atoms with E-state index in [4.69, 9.17) is 9.47 Å². The summed E-state index contributed by atoms with van der Waals surface area (Å²) in [5.74, 6) is 0.364. The van der Waals surface area contributed by atoms with Crippen molar-refractivity contribution in [3.63, 3.8) is 0 Å². The minimum absolute atomic E-state index is 0.0567. The molecule has 0 bridgehead atoms. The normalized spacial score (nSPS) is 19.5. The predicted molar refractivity (Wildman–Crippen MR) is 138 cm³/mol. The van der Waals surface area contributed by atoms with Gasteiger partial charge in [0.05, 0.1) is 24.2 Å². The zero-order valence-electron chi connectivity index (χ0n) is 21.0. The molecule has 1 aromatic carbocycles. The molecule has 1 aliphatic heterocycles. The lowest BCUT2D eigenvalue weighted by molar-refractivity contribution is 0.0934. The van der Waals surface area contributed by atoms with Crippen LogP contribution in [0.5, 0.6) is 5.88 Å². The minimum atomic E-state index is -2.80. The number of nitrogens with zero attached hydrogens (tertiary/aromatic N) is 6. The molecule has 6 rings (SSSR count). The first-order valence-electron chi connectivity index (χ1n) is 12.9. The highest BCUT2D eigenvalue weighted by Crippen LogP contribution is 2.31. The van der Waals surface area contributed by atoms with Gasteiger partial charge in [0.2, 0.25) is 11.8 Å². The fourth-order valence-electron chi connectivity index (χ4n) is 5.03. The van der Waals surface area contributed by atoms with Gasteiger partial charge in [-0.15, -0.1) is 0 Å². The lowest BCUT2D eigenvalue weighted by atomic mass is 10.2. The molecular formula is C27H27F2N7O3. The van der Waals surface area contributed by atoms with Crippen molar-refractivity contribution in [1.29, 1.82) is 0 Å². The highest BCUT2D eigenvalue weighted by Gasteiger charge is 2.29. The van der Waals surface area contributed by atoms with Gasteiger partial charge in [-0.25, -0.2) is 13.8 Å². The van der Waals surface area contributed by atoms with Gasteiger partial charge >= 0.3 is 0 Å². The second-order valence-electron chi connectivity index (χ2n) is 9.52. The fraction of sp³-hybridized carbons (Fsp3) is 0.370. The average Bonchev–Trinajstić information content (AvgIpc) is 3.58. The highest BCUT2D eigenvalue weighted by atomic mass is 19.3. The third-order valence-corrected chi connectivity index (χ3v) is 6.93. The maximum Gasteiger partial charge on any atom is 0.296 e. The number of halogens is 2. The van der Waals surface area contributed by atoms with Crippen LogP contribution in [-0.4, -0.2) is 68.9 Å². The Morgan fingerprint density at radius 3 is 2.64 bits per heavy atom. The standard InChI is InChI=1S/C27H27F2N7O3/c28-24(29)25-32-20-3-1-2-4-21(20)36(25)22-16-23(34-27(33-22)35-11-13-38-14-12-35)39-19-6-5-18(15-19)31-26(37)17-7-9-30-10-8-17/h1-4,7-10,16,18-19,24H,5-6,11-15H2,(H,31,37)/t18-,19-/m0/s1. The summed E-state index contributed by atoms with van der Waals surface area (Å²) in [6, 6.07) is 11.8. The number of alkyl halides is 2. The van der Waals surface area contributed by atoms with Crippen LogP contribution in [0.2, 0.25) is 0 Å². The molecule has 2 fully saturated rings. The third kappa shape index (κ3) is 5.37. The first kappa shape index (κ1) is 25.1. The summed E-state index contributed by atoms with van der Waals surface area (Å²) in [5, 5.41) is 3.05. The number of para-hydroxylation sites is 2. The zero-order valence-corrected chi connectivity index (χ0v) is 21.0. The van der Waals surface area contributed by atoms with E-state index >= 15 is 0 Å². The van der Waals surface area contributed by atoms with Crippen LogP contribution in [0.15, 0.2) is 54.9 Å². The molecule has 10 nitrogen and oxygen atoms in total. The molecule has 1 saturated carbocycles. The molecule has 202 valence electrons. The predicted octanol–water partition coefficient (Wildman–Crippen LogP) is 3.71. The van der Waals surface area contributed by atoms with Crippen molar-refractivity contribution >= 4 is 22.9 Å². The lowest BCUT2D eigenvalue weighted by Gasteiger charge is -2.27. The number of rotatable bonds is 7. The first-order chi connectivity index (χ1) is 19.0. The second-order valence-corrected chi connectivity index (χ2v) is 9.52. The van der Waals surface area contributed by atoms with E-state index in [0.717, 1.165) is 6.42 Å². The molecule has 1 N–H and O–H groups in total. The number of hydrogen-bond donors (Lipinski definition) is 1. The van der Waals surface area contributed by atoms with Crippen LogP contribution >= 0.6 is 0 Å². The number of hydrogen-bond acceptors (Lipinski definition) is 8. The van der Waals surface area contributed by atoms with Crippen molar-refractivity contribution in [2.24, 2.45) is 0 Å². The number of anilines is 1. The number of nitrogens with one attached hydrogen (secondary N) is 1. The van der Waals surface area contributed by atoms with E-state index < -0.39 is 12.2 Å². The Hall–Kier alpha value is -4.19. The molecule has 0 spiro atoms. The Morgan fingerprint density at radius 2 is 1.85 bits per heavy atom. The zero-order chi connectivity index (χ0) is 26.8. The van der Waals surface area contributed by atoms with Gasteiger partial charge in [0.1, 0.15) is 11.9 Å². The van der Waals surface area contributed by atoms with E-state index in [1.54, 1.807) is 54.9 Å². The molecule has 1 amide bonds. The summed E-state index contributed by atoms with van der Waals surface area (Å²) in [6.45, 7) is 2.17. The van der Waals surface area contributed by atoms with Gasteiger partial charge in [0.25, 0.3) is 12.3 Å². The molecule has 1 saturated heterocycles. The van der Waals surface area contributed by atoms with Crippen LogP contribution in [0.4, 0.5) is 14.7 Å². The van der Waals surface area contributed by atoms with E-state index in [2.05, 4.69) is 25.3 Å². The van der Waals surface area contributed by atoms with Crippen molar-refractivity contribution in [3.8, 4) is 11.7 Å². The van der Waals surface area contributed by atoms with Crippen molar-refractivity contribution in [2.75, 3.05) is 31.2 Å². The molecule has 12 heteroatoms. The number of carbonyl (C=O) groups is 1. The summed E-state index contributed by atoms with van der Waals surface area (Å²) in [6.07, 6.45) is 2.21. The molecule has 0 radical (unpaired) electrons. The Bertz CT molecular complexity index is 1460. The summed E-state index contributed by atoms with van der Waals surface area (Å²) >= 11 is 0. The quantitative estimate of drug-likeness (QED) is 0.382. The molecular weight excluding hydrogens is 508 g/mol. The third-order valence-electron chi connectivity index (χ3n) is 6.93. The number of fused-ring (bicyclic) bond motifs is 1. The smallest absolute Gasteiger partial charge is 0.296 e. The van der Waals surface area contributed by atoms with E-state index in [1.165, 1.54) is 4.57 Å². The number of carbonyl (C=O) groups excluding carboxylic acids is 1.